The van der Waals surface area contributed by atoms with E-state index in [2.05, 4.69) is 5.10 Å². The number of ether oxygens (including phenoxy) is 1. The smallest absolute Gasteiger partial charge is 0.435 e. The zero-order valence-electron chi connectivity index (χ0n) is 10.7. The van der Waals surface area contributed by atoms with E-state index in [-0.39, 0.29) is 23.1 Å². The van der Waals surface area contributed by atoms with Gasteiger partial charge in [0.1, 0.15) is 11.4 Å². The molecule has 0 unspecified atom stereocenters. The number of halogens is 3. The van der Waals surface area contributed by atoms with Crippen molar-refractivity contribution in [3.8, 4) is 17.4 Å². The van der Waals surface area contributed by atoms with Crippen molar-refractivity contribution in [1.82, 2.24) is 9.78 Å². The van der Waals surface area contributed by atoms with Gasteiger partial charge in [-0.1, -0.05) is 0 Å². The van der Waals surface area contributed by atoms with E-state index in [4.69, 9.17) is 10.5 Å². The first-order valence-corrected chi connectivity index (χ1v) is 5.56. The van der Waals surface area contributed by atoms with Crippen LogP contribution in [0.2, 0.25) is 0 Å². The highest BCUT2D eigenvalue weighted by molar-refractivity contribution is 5.64. The number of hydrogen-bond acceptors (Lipinski definition) is 4. The van der Waals surface area contributed by atoms with Crippen LogP contribution in [-0.4, -0.2) is 14.9 Å². The summed E-state index contributed by atoms with van der Waals surface area (Å²) < 4.78 is 43.8. The molecule has 5 nitrogen and oxygen atoms in total. The monoisotopic (exact) mass is 287 g/mol. The second-order valence-corrected chi connectivity index (χ2v) is 4.29. The summed E-state index contributed by atoms with van der Waals surface area (Å²) in [6, 6.07) is 3.70. The van der Waals surface area contributed by atoms with Crippen LogP contribution in [0.4, 0.5) is 18.9 Å². The zero-order valence-corrected chi connectivity index (χ0v) is 10.7. The molecule has 0 bridgehead atoms. The van der Waals surface area contributed by atoms with Crippen LogP contribution in [-0.2, 0) is 13.2 Å². The molecule has 2 aromatic rings. The minimum Gasteiger partial charge on any atom is -0.506 e. The van der Waals surface area contributed by atoms with E-state index < -0.39 is 11.9 Å². The molecular formula is C12H12F3N3O2. The number of nitrogen functional groups attached to an aromatic ring is 1. The highest BCUT2D eigenvalue weighted by Crippen LogP contribution is 2.37. The Balaban J connectivity index is 2.38. The van der Waals surface area contributed by atoms with E-state index in [9.17, 15) is 18.3 Å². The molecule has 0 spiro atoms. The van der Waals surface area contributed by atoms with Gasteiger partial charge in [-0.3, -0.25) is 0 Å². The van der Waals surface area contributed by atoms with Gasteiger partial charge < -0.3 is 15.6 Å². The van der Waals surface area contributed by atoms with Crippen LogP contribution in [0.15, 0.2) is 18.2 Å². The Morgan fingerprint density at radius 1 is 1.30 bits per heavy atom. The molecule has 3 N–H and O–H groups in total. The van der Waals surface area contributed by atoms with E-state index >= 15 is 0 Å². The highest BCUT2D eigenvalue weighted by atomic mass is 19.4. The number of nitrogens with two attached hydrogens (primary N) is 1. The van der Waals surface area contributed by atoms with Crippen LogP contribution in [0.1, 0.15) is 11.3 Å². The molecule has 108 valence electrons. The van der Waals surface area contributed by atoms with Crippen LogP contribution < -0.4 is 10.5 Å². The molecule has 0 aliphatic carbocycles. The minimum absolute atomic E-state index is 0.0506. The minimum atomic E-state index is -4.56. The Kier molecular flexibility index (Phi) is 3.24. The number of alkyl halides is 3. The van der Waals surface area contributed by atoms with Crippen molar-refractivity contribution in [2.75, 3.05) is 5.73 Å². The maximum Gasteiger partial charge on any atom is 0.435 e. The van der Waals surface area contributed by atoms with Crippen molar-refractivity contribution in [3.63, 3.8) is 0 Å². The van der Waals surface area contributed by atoms with Gasteiger partial charge in [-0.15, -0.1) is 0 Å². The second kappa shape index (κ2) is 4.62. The maximum atomic E-state index is 12.5. The fourth-order valence-electron chi connectivity index (χ4n) is 1.63. The zero-order chi connectivity index (χ0) is 15.1. The van der Waals surface area contributed by atoms with Gasteiger partial charge in [-0.2, -0.15) is 18.3 Å². The molecule has 2 rings (SSSR count). The van der Waals surface area contributed by atoms with E-state index in [1.54, 1.807) is 6.92 Å². The van der Waals surface area contributed by atoms with Gasteiger partial charge in [0.05, 0.1) is 0 Å². The number of phenolic OH excluding ortho intramolecular Hbond substituents is 1. The highest BCUT2D eigenvalue weighted by Gasteiger charge is 2.35. The fraction of sp³-hybridized carbons (Fsp3) is 0.250. The third kappa shape index (κ3) is 2.63. The molecule has 20 heavy (non-hydrogen) atoms. The first-order chi connectivity index (χ1) is 9.18. The normalized spacial score (nSPS) is 11.7. The molecule has 1 aromatic heterocycles. The van der Waals surface area contributed by atoms with Crippen LogP contribution >= 0.6 is 0 Å². The number of rotatable bonds is 2. The average molecular weight is 287 g/mol. The SMILES string of the molecule is Cc1cc(O)c(N)c(Oc2cc(C(F)(F)F)nn2C)c1. The topological polar surface area (TPSA) is 73.3 Å². The number of aryl methyl sites for hydroxylation is 2. The summed E-state index contributed by atoms with van der Waals surface area (Å²) in [5.74, 6) is -0.258. The third-order valence-electron chi connectivity index (χ3n) is 2.61. The molecule has 0 saturated carbocycles. The predicted octanol–water partition coefficient (Wildman–Crippen LogP) is 2.83. The Morgan fingerprint density at radius 2 is 1.95 bits per heavy atom. The molecule has 0 amide bonds. The number of hydrogen-bond donors (Lipinski definition) is 2. The molecule has 1 heterocycles. The van der Waals surface area contributed by atoms with Crippen molar-refractivity contribution in [2.24, 2.45) is 7.05 Å². The Bertz CT molecular complexity index is 650. The predicted molar refractivity (Wildman–Crippen MR) is 65.5 cm³/mol. The van der Waals surface area contributed by atoms with Crippen LogP contribution in [0.3, 0.4) is 0 Å². The number of benzene rings is 1. The first kappa shape index (κ1) is 14.0. The maximum absolute atomic E-state index is 12.5. The lowest BCUT2D eigenvalue weighted by molar-refractivity contribution is -0.141. The van der Waals surface area contributed by atoms with Gasteiger partial charge in [0, 0.05) is 13.1 Å². The first-order valence-electron chi connectivity index (χ1n) is 5.56. The largest absolute Gasteiger partial charge is 0.506 e. The fourth-order valence-corrected chi connectivity index (χ4v) is 1.63. The number of phenols is 1. The van der Waals surface area contributed by atoms with Gasteiger partial charge in [0.25, 0.3) is 0 Å². The molecule has 0 saturated heterocycles. The lowest BCUT2D eigenvalue weighted by atomic mass is 10.2. The quantitative estimate of drug-likeness (QED) is 0.658. The summed E-state index contributed by atoms with van der Waals surface area (Å²) in [6.07, 6.45) is -4.56. The summed E-state index contributed by atoms with van der Waals surface area (Å²) in [6.45, 7) is 1.69. The molecule has 0 fully saturated rings. The molecule has 0 aliphatic heterocycles. The third-order valence-corrected chi connectivity index (χ3v) is 2.61. The van der Waals surface area contributed by atoms with Crippen molar-refractivity contribution >= 4 is 5.69 Å². The summed E-state index contributed by atoms with van der Waals surface area (Å²) >= 11 is 0. The lowest BCUT2D eigenvalue weighted by Crippen LogP contribution is -2.06. The molecule has 0 atom stereocenters. The van der Waals surface area contributed by atoms with Gasteiger partial charge in [0.2, 0.25) is 5.88 Å². The van der Waals surface area contributed by atoms with Gasteiger partial charge in [0.15, 0.2) is 11.4 Å². The summed E-state index contributed by atoms with van der Waals surface area (Å²) in [7, 11) is 1.32. The van der Waals surface area contributed by atoms with Crippen LogP contribution in [0.25, 0.3) is 0 Å². The second-order valence-electron chi connectivity index (χ2n) is 4.29. The van der Waals surface area contributed by atoms with Crippen molar-refractivity contribution in [1.29, 1.82) is 0 Å². The Hall–Kier alpha value is -2.38. The van der Waals surface area contributed by atoms with E-state index in [0.717, 1.165) is 10.7 Å². The van der Waals surface area contributed by atoms with E-state index in [1.165, 1.54) is 19.2 Å². The van der Waals surface area contributed by atoms with E-state index in [0.29, 0.717) is 5.56 Å². The van der Waals surface area contributed by atoms with Crippen molar-refractivity contribution in [2.45, 2.75) is 13.1 Å². The molecule has 0 aliphatic rings. The summed E-state index contributed by atoms with van der Waals surface area (Å²) in [5.41, 5.74) is 5.16. The molecule has 0 radical (unpaired) electrons. The summed E-state index contributed by atoms with van der Waals surface area (Å²) in [5, 5.41) is 12.9. The van der Waals surface area contributed by atoms with Crippen molar-refractivity contribution in [3.05, 3.63) is 29.5 Å². The standard InChI is InChI=1S/C12H12F3N3O2/c1-6-3-7(19)11(16)8(4-6)20-10-5-9(12(13,14)15)17-18(10)2/h3-5,19H,16H2,1-2H3. The van der Waals surface area contributed by atoms with Gasteiger partial charge in [-0.25, -0.2) is 4.68 Å². The van der Waals surface area contributed by atoms with E-state index in [1.807, 2.05) is 0 Å². The van der Waals surface area contributed by atoms with Gasteiger partial charge in [-0.05, 0) is 24.6 Å². The molecular weight excluding hydrogens is 275 g/mol. The van der Waals surface area contributed by atoms with Crippen molar-refractivity contribution < 1.29 is 23.0 Å². The van der Waals surface area contributed by atoms with Crippen LogP contribution in [0, 0.1) is 6.92 Å². The number of nitrogens with zero attached hydrogens (tertiary/aromatic N) is 2. The average Bonchev–Trinajstić information content (AvgIpc) is 2.67. The summed E-state index contributed by atoms with van der Waals surface area (Å²) in [4.78, 5) is 0. The number of anilines is 1. The molecule has 8 heteroatoms. The van der Waals surface area contributed by atoms with Crippen LogP contribution in [0.5, 0.6) is 17.4 Å². The number of aromatic hydroxyl groups is 1. The van der Waals surface area contributed by atoms with Gasteiger partial charge >= 0.3 is 6.18 Å². The molecule has 1 aromatic carbocycles. The lowest BCUT2D eigenvalue weighted by Gasteiger charge is -2.10. The number of aromatic nitrogens is 2. The Morgan fingerprint density at radius 3 is 2.50 bits per heavy atom. The Labute approximate surface area is 112 Å².